The summed E-state index contributed by atoms with van der Waals surface area (Å²) in [6, 6.07) is 12.6. The molecule has 142 valence electrons. The smallest absolute Gasteiger partial charge is 0.234 e. The normalized spacial score (nSPS) is 24.9. The summed E-state index contributed by atoms with van der Waals surface area (Å²) in [5, 5.41) is 6.61. The summed E-state index contributed by atoms with van der Waals surface area (Å²) in [5.41, 5.74) is 4.60. The Balaban J connectivity index is 1.61. The van der Waals surface area contributed by atoms with Crippen molar-refractivity contribution in [1.82, 2.24) is 5.32 Å². The van der Waals surface area contributed by atoms with Crippen LogP contribution in [-0.2, 0) is 16.8 Å². The van der Waals surface area contributed by atoms with Crippen LogP contribution in [0.3, 0.4) is 0 Å². The summed E-state index contributed by atoms with van der Waals surface area (Å²) in [4.78, 5) is 12.5. The molecule has 2 aromatic carbocycles. The van der Waals surface area contributed by atoms with Gasteiger partial charge in [0.2, 0.25) is 5.91 Å². The topological polar surface area (TPSA) is 50.4 Å². The summed E-state index contributed by atoms with van der Waals surface area (Å²) >= 11 is 0. The van der Waals surface area contributed by atoms with Crippen LogP contribution < -0.4 is 15.4 Å². The zero-order valence-corrected chi connectivity index (χ0v) is 16.8. The van der Waals surface area contributed by atoms with Crippen LogP contribution >= 0.6 is 0 Å². The van der Waals surface area contributed by atoms with Gasteiger partial charge in [-0.3, -0.25) is 4.79 Å². The molecule has 0 radical (unpaired) electrons. The molecule has 4 nitrogen and oxygen atoms in total. The Bertz CT molecular complexity index is 904. The van der Waals surface area contributed by atoms with E-state index >= 15 is 0 Å². The molecule has 4 rings (SSSR count). The molecular weight excluding hydrogens is 336 g/mol. The highest BCUT2D eigenvalue weighted by molar-refractivity contribution is 6.07. The van der Waals surface area contributed by atoms with E-state index in [-0.39, 0.29) is 17.4 Å². The molecule has 0 aromatic heterocycles. The lowest BCUT2D eigenvalue weighted by molar-refractivity contribution is -0.119. The van der Waals surface area contributed by atoms with E-state index in [1.165, 1.54) is 11.1 Å². The third kappa shape index (κ3) is 2.74. The fourth-order valence-corrected chi connectivity index (χ4v) is 4.29. The molecule has 2 atom stereocenters. The van der Waals surface area contributed by atoms with Gasteiger partial charge in [0, 0.05) is 30.1 Å². The van der Waals surface area contributed by atoms with Crippen LogP contribution in [0.4, 0.5) is 5.69 Å². The van der Waals surface area contributed by atoms with Crippen molar-refractivity contribution in [1.29, 1.82) is 0 Å². The quantitative estimate of drug-likeness (QED) is 0.852. The first-order valence-corrected chi connectivity index (χ1v) is 9.67. The lowest BCUT2D eigenvalue weighted by atomic mass is 9.81. The summed E-state index contributed by atoms with van der Waals surface area (Å²) in [6.07, 6.45) is 0. The molecule has 27 heavy (non-hydrogen) atoms. The first-order chi connectivity index (χ1) is 12.7. The second-order valence-corrected chi connectivity index (χ2v) is 8.67. The number of amides is 1. The van der Waals surface area contributed by atoms with E-state index in [2.05, 4.69) is 61.7 Å². The Kier molecular flexibility index (Phi) is 4.08. The second kappa shape index (κ2) is 6.10. The number of hydrogen-bond donors (Lipinski definition) is 2. The molecule has 0 spiro atoms. The highest BCUT2D eigenvalue weighted by atomic mass is 16.5. The van der Waals surface area contributed by atoms with Crippen molar-refractivity contribution in [2.24, 2.45) is 0 Å². The van der Waals surface area contributed by atoms with Crippen LogP contribution in [0, 0.1) is 6.92 Å². The van der Waals surface area contributed by atoms with E-state index in [0.29, 0.717) is 0 Å². The van der Waals surface area contributed by atoms with Gasteiger partial charge in [-0.15, -0.1) is 0 Å². The number of carbonyl (C=O) groups is 1. The Morgan fingerprint density at radius 1 is 1.19 bits per heavy atom. The van der Waals surface area contributed by atoms with Crippen molar-refractivity contribution >= 4 is 11.6 Å². The number of aryl methyl sites for hydroxylation is 1. The third-order valence-electron chi connectivity index (χ3n) is 6.30. The maximum atomic E-state index is 12.5. The molecule has 2 N–H and O–H groups in total. The molecule has 0 unspecified atom stereocenters. The number of anilines is 1. The number of hydrogen-bond acceptors (Lipinski definition) is 3. The molecule has 0 aliphatic carbocycles. The lowest BCUT2D eigenvalue weighted by Crippen LogP contribution is -2.43. The Hall–Kier alpha value is -2.33. The molecule has 1 amide bonds. The molecule has 2 aromatic rings. The number of benzene rings is 2. The largest absolute Gasteiger partial charge is 0.485 e. The SMILES string of the molecule is Cc1cc2c(c3c1NC(=O)C3(C)C)O[C@@](C)(CNCc1ccccc1)[C@H]2C. The molecule has 0 saturated carbocycles. The van der Waals surface area contributed by atoms with Crippen LogP contribution in [-0.4, -0.2) is 18.1 Å². The van der Waals surface area contributed by atoms with Crippen molar-refractivity contribution < 1.29 is 9.53 Å². The standard InChI is InChI=1S/C23H28N2O2/c1-14-11-17-15(2)23(5,13-24-12-16-9-7-6-8-10-16)27-20(17)18-19(14)25-21(26)22(18,3)4/h6-11,15,24H,12-13H2,1-5H3,(H,25,26)/t15-,23-/m0/s1. The monoisotopic (exact) mass is 364 g/mol. The summed E-state index contributed by atoms with van der Waals surface area (Å²) < 4.78 is 6.57. The highest BCUT2D eigenvalue weighted by Gasteiger charge is 2.49. The van der Waals surface area contributed by atoms with E-state index in [1.54, 1.807) is 0 Å². The molecular formula is C23H28N2O2. The molecule has 0 bridgehead atoms. The summed E-state index contributed by atoms with van der Waals surface area (Å²) in [5.74, 6) is 1.18. The lowest BCUT2D eigenvalue weighted by Gasteiger charge is -2.29. The van der Waals surface area contributed by atoms with E-state index in [1.807, 2.05) is 19.9 Å². The minimum atomic E-state index is -0.576. The number of rotatable bonds is 4. The van der Waals surface area contributed by atoms with E-state index in [0.717, 1.165) is 35.7 Å². The number of fused-ring (bicyclic) bond motifs is 3. The fraction of sp³-hybridized carbons (Fsp3) is 0.435. The maximum absolute atomic E-state index is 12.5. The van der Waals surface area contributed by atoms with Crippen LogP contribution in [0.5, 0.6) is 5.75 Å². The number of carbonyl (C=O) groups excluding carboxylic acids is 1. The van der Waals surface area contributed by atoms with Crippen molar-refractivity contribution in [2.45, 2.75) is 58.1 Å². The van der Waals surface area contributed by atoms with Gasteiger partial charge in [-0.05, 0) is 44.9 Å². The van der Waals surface area contributed by atoms with E-state index < -0.39 is 5.41 Å². The van der Waals surface area contributed by atoms with E-state index in [9.17, 15) is 4.79 Å². The zero-order valence-electron chi connectivity index (χ0n) is 16.8. The van der Waals surface area contributed by atoms with Crippen molar-refractivity contribution in [3.63, 3.8) is 0 Å². The van der Waals surface area contributed by atoms with Gasteiger partial charge in [0.1, 0.15) is 11.4 Å². The van der Waals surface area contributed by atoms with E-state index in [4.69, 9.17) is 4.74 Å². The maximum Gasteiger partial charge on any atom is 0.234 e. The van der Waals surface area contributed by atoms with Crippen molar-refractivity contribution in [2.75, 3.05) is 11.9 Å². The van der Waals surface area contributed by atoms with Gasteiger partial charge in [0.05, 0.1) is 11.1 Å². The Morgan fingerprint density at radius 3 is 2.59 bits per heavy atom. The molecule has 0 saturated heterocycles. The fourth-order valence-electron chi connectivity index (χ4n) is 4.29. The Labute approximate surface area is 161 Å². The zero-order chi connectivity index (χ0) is 19.4. The minimum absolute atomic E-state index is 0.0426. The van der Waals surface area contributed by atoms with Crippen LogP contribution in [0.1, 0.15) is 55.9 Å². The number of nitrogens with one attached hydrogen (secondary N) is 2. The third-order valence-corrected chi connectivity index (χ3v) is 6.30. The molecule has 4 heteroatoms. The minimum Gasteiger partial charge on any atom is -0.485 e. The Morgan fingerprint density at radius 2 is 1.89 bits per heavy atom. The van der Waals surface area contributed by atoms with Crippen LogP contribution in [0.25, 0.3) is 0 Å². The van der Waals surface area contributed by atoms with Crippen molar-refractivity contribution in [3.8, 4) is 5.75 Å². The molecule has 2 heterocycles. The van der Waals surface area contributed by atoms with Crippen LogP contribution in [0.2, 0.25) is 0 Å². The van der Waals surface area contributed by atoms with Crippen LogP contribution in [0.15, 0.2) is 36.4 Å². The molecule has 2 aliphatic rings. The predicted molar refractivity (Wildman–Crippen MR) is 108 cm³/mol. The van der Waals surface area contributed by atoms with Gasteiger partial charge in [-0.2, -0.15) is 0 Å². The summed E-state index contributed by atoms with van der Waals surface area (Å²) in [7, 11) is 0. The van der Waals surface area contributed by atoms with Gasteiger partial charge in [-0.1, -0.05) is 37.3 Å². The average Bonchev–Trinajstić information content (AvgIpc) is 3.01. The highest BCUT2D eigenvalue weighted by Crippen LogP contribution is 2.54. The summed E-state index contributed by atoms with van der Waals surface area (Å²) in [6.45, 7) is 12.0. The van der Waals surface area contributed by atoms with Gasteiger partial charge in [-0.25, -0.2) is 0 Å². The average molecular weight is 364 g/mol. The predicted octanol–water partition coefficient (Wildman–Crippen LogP) is 4.27. The first-order valence-electron chi connectivity index (χ1n) is 9.67. The first kappa shape index (κ1) is 18.1. The molecule has 0 fully saturated rings. The van der Waals surface area contributed by atoms with Gasteiger partial charge >= 0.3 is 0 Å². The van der Waals surface area contributed by atoms with Gasteiger partial charge in [0.15, 0.2) is 0 Å². The van der Waals surface area contributed by atoms with Crippen molar-refractivity contribution in [3.05, 3.63) is 58.7 Å². The second-order valence-electron chi connectivity index (χ2n) is 8.67. The number of ether oxygens (including phenoxy) is 1. The van der Waals surface area contributed by atoms with Gasteiger partial charge < -0.3 is 15.4 Å². The van der Waals surface area contributed by atoms with Gasteiger partial charge in [0.25, 0.3) is 0 Å². The molecule has 2 aliphatic heterocycles.